The molecule has 3 rings (SSSR count). The molecule has 0 aliphatic rings. The molecule has 1 aromatic heterocycles. The third-order valence-corrected chi connectivity index (χ3v) is 4.55. The van der Waals surface area contributed by atoms with Crippen molar-refractivity contribution in [3.05, 3.63) is 77.9 Å². The molecule has 1 heterocycles. The standard InChI is InChI=1S/C24H27FN4O3/c1-5-28(23(31)32-24(2,3)4)16-17-9-6-7-12-20(17)26-22(30)21-13-14-29(27-21)19-11-8-10-18(25)15-19/h6-15H,5,16H2,1-4H3,(H,26,30). The van der Waals surface area contributed by atoms with Gasteiger partial charge < -0.3 is 15.0 Å². The number of aromatic nitrogens is 2. The minimum atomic E-state index is -0.598. The van der Waals surface area contributed by atoms with Crippen LogP contribution in [-0.2, 0) is 11.3 Å². The van der Waals surface area contributed by atoms with Gasteiger partial charge in [0.05, 0.1) is 12.2 Å². The van der Waals surface area contributed by atoms with Crippen molar-refractivity contribution >= 4 is 17.7 Å². The van der Waals surface area contributed by atoms with Gasteiger partial charge in [0.2, 0.25) is 0 Å². The molecule has 1 N–H and O–H groups in total. The van der Waals surface area contributed by atoms with Gasteiger partial charge in [-0.25, -0.2) is 13.9 Å². The predicted molar refractivity (Wildman–Crippen MR) is 120 cm³/mol. The summed E-state index contributed by atoms with van der Waals surface area (Å²) >= 11 is 0. The number of hydrogen-bond acceptors (Lipinski definition) is 4. The average Bonchev–Trinajstić information content (AvgIpc) is 3.22. The summed E-state index contributed by atoms with van der Waals surface area (Å²) in [5.41, 5.74) is 1.43. The number of anilines is 1. The molecule has 0 unspecified atom stereocenters. The summed E-state index contributed by atoms with van der Waals surface area (Å²) in [6.45, 7) is 8.04. The van der Waals surface area contributed by atoms with Gasteiger partial charge in [-0.3, -0.25) is 4.79 Å². The molecule has 0 bridgehead atoms. The van der Waals surface area contributed by atoms with Crippen molar-refractivity contribution in [2.45, 2.75) is 39.8 Å². The van der Waals surface area contributed by atoms with Crippen molar-refractivity contribution in [3.63, 3.8) is 0 Å². The number of carbonyl (C=O) groups excluding carboxylic acids is 2. The molecule has 8 heteroatoms. The highest BCUT2D eigenvalue weighted by Gasteiger charge is 2.22. The lowest BCUT2D eigenvalue weighted by molar-refractivity contribution is 0.0245. The van der Waals surface area contributed by atoms with Gasteiger partial charge in [-0.2, -0.15) is 5.10 Å². The summed E-state index contributed by atoms with van der Waals surface area (Å²) in [4.78, 5) is 26.8. The van der Waals surface area contributed by atoms with E-state index >= 15 is 0 Å². The number of carbonyl (C=O) groups is 2. The smallest absolute Gasteiger partial charge is 0.410 e. The van der Waals surface area contributed by atoms with Gasteiger partial charge in [-0.05, 0) is 63.6 Å². The number of halogens is 1. The normalized spacial score (nSPS) is 11.2. The van der Waals surface area contributed by atoms with Crippen LogP contribution in [0.5, 0.6) is 0 Å². The van der Waals surface area contributed by atoms with E-state index in [0.717, 1.165) is 5.56 Å². The van der Waals surface area contributed by atoms with E-state index in [9.17, 15) is 14.0 Å². The number of para-hydroxylation sites is 1. The Morgan fingerprint density at radius 1 is 1.12 bits per heavy atom. The number of nitrogens with one attached hydrogen (secondary N) is 1. The zero-order valence-electron chi connectivity index (χ0n) is 18.6. The molecule has 0 saturated carbocycles. The van der Waals surface area contributed by atoms with Gasteiger partial charge in [0.25, 0.3) is 5.91 Å². The molecule has 3 aromatic rings. The van der Waals surface area contributed by atoms with Crippen LogP contribution >= 0.6 is 0 Å². The van der Waals surface area contributed by atoms with Gasteiger partial charge in [0.15, 0.2) is 5.69 Å². The summed E-state index contributed by atoms with van der Waals surface area (Å²) in [7, 11) is 0. The quantitative estimate of drug-likeness (QED) is 0.586. The van der Waals surface area contributed by atoms with Crippen LogP contribution in [0.15, 0.2) is 60.8 Å². The molecular weight excluding hydrogens is 411 g/mol. The predicted octanol–water partition coefficient (Wildman–Crippen LogP) is 5.02. The van der Waals surface area contributed by atoms with E-state index in [1.807, 2.05) is 39.8 Å². The Labute approximate surface area is 186 Å². The Hall–Kier alpha value is -3.68. The number of amides is 2. The second-order valence-electron chi connectivity index (χ2n) is 8.23. The molecule has 0 fully saturated rings. The highest BCUT2D eigenvalue weighted by atomic mass is 19.1. The van der Waals surface area contributed by atoms with Crippen LogP contribution in [0.4, 0.5) is 14.9 Å². The van der Waals surface area contributed by atoms with E-state index in [-0.39, 0.29) is 18.1 Å². The summed E-state index contributed by atoms with van der Waals surface area (Å²) in [5.74, 6) is -0.795. The first-order chi connectivity index (χ1) is 15.2. The molecule has 0 spiro atoms. The fourth-order valence-corrected chi connectivity index (χ4v) is 3.01. The SMILES string of the molecule is CCN(Cc1ccccc1NC(=O)c1ccn(-c2cccc(F)c2)n1)C(=O)OC(C)(C)C. The fraction of sp³-hybridized carbons (Fsp3) is 0.292. The van der Waals surface area contributed by atoms with Crippen LogP contribution in [0.3, 0.4) is 0 Å². The molecule has 168 valence electrons. The number of hydrogen-bond donors (Lipinski definition) is 1. The molecule has 2 amide bonds. The number of benzene rings is 2. The van der Waals surface area contributed by atoms with Gasteiger partial charge in [-0.1, -0.05) is 24.3 Å². The Morgan fingerprint density at radius 3 is 2.56 bits per heavy atom. The topological polar surface area (TPSA) is 76.5 Å². The number of rotatable bonds is 6. The first-order valence-electron chi connectivity index (χ1n) is 10.3. The minimum absolute atomic E-state index is 0.184. The third-order valence-electron chi connectivity index (χ3n) is 4.55. The van der Waals surface area contributed by atoms with Gasteiger partial charge in [0, 0.05) is 18.4 Å². The van der Waals surface area contributed by atoms with E-state index in [1.54, 1.807) is 41.4 Å². The van der Waals surface area contributed by atoms with Gasteiger partial charge >= 0.3 is 6.09 Å². The van der Waals surface area contributed by atoms with Crippen LogP contribution in [-0.4, -0.2) is 38.8 Å². The first-order valence-corrected chi connectivity index (χ1v) is 10.3. The van der Waals surface area contributed by atoms with Crippen molar-refractivity contribution in [1.82, 2.24) is 14.7 Å². The van der Waals surface area contributed by atoms with Crippen molar-refractivity contribution in [1.29, 1.82) is 0 Å². The second kappa shape index (κ2) is 9.64. The number of ether oxygens (including phenoxy) is 1. The Kier molecular flexibility index (Phi) is 6.92. The summed E-state index contributed by atoms with van der Waals surface area (Å²) in [6.07, 6.45) is 1.17. The van der Waals surface area contributed by atoms with Crippen LogP contribution < -0.4 is 5.32 Å². The van der Waals surface area contributed by atoms with Crippen molar-refractivity contribution < 1.29 is 18.7 Å². The van der Waals surface area contributed by atoms with Gasteiger partial charge in [-0.15, -0.1) is 0 Å². The lowest BCUT2D eigenvalue weighted by atomic mass is 10.1. The average molecular weight is 439 g/mol. The Balaban J connectivity index is 1.75. The Morgan fingerprint density at radius 2 is 1.88 bits per heavy atom. The van der Waals surface area contributed by atoms with Crippen molar-refractivity contribution in [2.24, 2.45) is 0 Å². The van der Waals surface area contributed by atoms with Gasteiger partial charge in [0.1, 0.15) is 11.4 Å². The minimum Gasteiger partial charge on any atom is -0.444 e. The van der Waals surface area contributed by atoms with E-state index in [2.05, 4.69) is 10.4 Å². The third kappa shape index (κ3) is 5.94. The van der Waals surface area contributed by atoms with E-state index in [0.29, 0.717) is 17.9 Å². The largest absolute Gasteiger partial charge is 0.444 e. The molecule has 0 aliphatic heterocycles. The number of nitrogens with zero attached hydrogens (tertiary/aromatic N) is 3. The van der Waals surface area contributed by atoms with Crippen molar-refractivity contribution in [2.75, 3.05) is 11.9 Å². The highest BCUT2D eigenvalue weighted by molar-refractivity contribution is 6.03. The van der Waals surface area contributed by atoms with E-state index in [4.69, 9.17) is 4.74 Å². The summed E-state index contributed by atoms with van der Waals surface area (Å²) < 4.78 is 20.4. The first kappa shape index (κ1) is 23.0. The zero-order chi connectivity index (χ0) is 23.3. The zero-order valence-corrected chi connectivity index (χ0v) is 18.6. The Bertz CT molecular complexity index is 1100. The molecule has 2 aromatic carbocycles. The van der Waals surface area contributed by atoms with Crippen LogP contribution in [0.25, 0.3) is 5.69 Å². The van der Waals surface area contributed by atoms with E-state index < -0.39 is 17.6 Å². The fourth-order valence-electron chi connectivity index (χ4n) is 3.01. The van der Waals surface area contributed by atoms with Crippen LogP contribution in [0.1, 0.15) is 43.7 Å². The maximum absolute atomic E-state index is 13.5. The molecule has 7 nitrogen and oxygen atoms in total. The van der Waals surface area contributed by atoms with Crippen LogP contribution in [0.2, 0.25) is 0 Å². The van der Waals surface area contributed by atoms with E-state index in [1.165, 1.54) is 16.8 Å². The lowest BCUT2D eigenvalue weighted by Gasteiger charge is -2.27. The second-order valence-corrected chi connectivity index (χ2v) is 8.23. The lowest BCUT2D eigenvalue weighted by Crippen LogP contribution is -2.36. The van der Waals surface area contributed by atoms with Crippen molar-refractivity contribution in [3.8, 4) is 5.69 Å². The van der Waals surface area contributed by atoms with Crippen LogP contribution in [0, 0.1) is 5.82 Å². The summed E-state index contributed by atoms with van der Waals surface area (Å²) in [6, 6.07) is 14.8. The molecule has 0 atom stereocenters. The maximum atomic E-state index is 13.5. The molecule has 0 radical (unpaired) electrons. The maximum Gasteiger partial charge on any atom is 0.410 e. The molecular formula is C24H27FN4O3. The highest BCUT2D eigenvalue weighted by Crippen LogP contribution is 2.20. The molecule has 0 aliphatic carbocycles. The monoisotopic (exact) mass is 438 g/mol. The molecule has 0 saturated heterocycles. The molecule has 32 heavy (non-hydrogen) atoms. The summed E-state index contributed by atoms with van der Waals surface area (Å²) in [5, 5.41) is 7.10.